The summed E-state index contributed by atoms with van der Waals surface area (Å²) in [6.07, 6.45) is 0. The summed E-state index contributed by atoms with van der Waals surface area (Å²) in [5, 5.41) is 0.180. The zero-order chi connectivity index (χ0) is 16.6. The van der Waals surface area contributed by atoms with Crippen molar-refractivity contribution in [2.75, 3.05) is 30.1 Å². The van der Waals surface area contributed by atoms with Crippen molar-refractivity contribution in [1.82, 2.24) is 0 Å². The van der Waals surface area contributed by atoms with Crippen LogP contribution >= 0.6 is 11.8 Å². The van der Waals surface area contributed by atoms with Crippen LogP contribution in [-0.2, 0) is 19.4 Å². The molecule has 1 aromatic carbocycles. The van der Waals surface area contributed by atoms with Gasteiger partial charge in [-0.2, -0.15) is 4.99 Å². The van der Waals surface area contributed by atoms with E-state index in [9.17, 15) is 17.6 Å². The van der Waals surface area contributed by atoms with E-state index in [1.165, 1.54) is 31.0 Å². The number of thioether (sulfide) groups is 1. The maximum Gasteiger partial charge on any atom is 0.274 e. The van der Waals surface area contributed by atoms with E-state index >= 15 is 0 Å². The molecule has 2 aliphatic heterocycles. The summed E-state index contributed by atoms with van der Waals surface area (Å²) in [6, 6.07) is 5.49. The van der Waals surface area contributed by atoms with Crippen LogP contribution in [0, 0.1) is 5.82 Å². The average molecular weight is 358 g/mol. The molecule has 0 spiro atoms. The van der Waals surface area contributed by atoms with Crippen LogP contribution in [0.1, 0.15) is 0 Å². The third kappa shape index (κ3) is 3.41. The summed E-state index contributed by atoms with van der Waals surface area (Å²) < 4.78 is 42.1. The van der Waals surface area contributed by atoms with Crippen LogP contribution in [0.3, 0.4) is 0 Å². The number of carbonyl (C=O) groups is 1. The number of amidine groups is 1. The number of sulfone groups is 1. The standard InChI is InChI=1S/C14H15FN2O4S2/c1-21-6-13(18)16-14-17(10-4-2-3-9(15)5-10)11-7-23(19,20)8-12(11)22-14/h2-5,11-12H,6-8H2,1H3/t11-,12+/m1/s1. The Morgan fingerprint density at radius 2 is 2.26 bits per heavy atom. The lowest BCUT2D eigenvalue weighted by atomic mass is 10.2. The Morgan fingerprint density at radius 3 is 2.96 bits per heavy atom. The fourth-order valence-corrected chi connectivity index (χ4v) is 6.69. The number of rotatable bonds is 3. The van der Waals surface area contributed by atoms with Gasteiger partial charge in [-0.3, -0.25) is 4.79 Å². The van der Waals surface area contributed by atoms with Gasteiger partial charge in [-0.05, 0) is 18.2 Å². The molecular weight excluding hydrogens is 343 g/mol. The number of amides is 1. The normalized spacial score (nSPS) is 27.4. The lowest BCUT2D eigenvalue weighted by Gasteiger charge is -2.24. The first kappa shape index (κ1) is 16.4. The van der Waals surface area contributed by atoms with E-state index in [2.05, 4.69) is 4.99 Å². The van der Waals surface area contributed by atoms with Gasteiger partial charge in [-0.1, -0.05) is 17.8 Å². The molecule has 3 rings (SSSR count). The predicted molar refractivity (Wildman–Crippen MR) is 87.0 cm³/mol. The minimum absolute atomic E-state index is 0.0291. The van der Waals surface area contributed by atoms with Crippen LogP contribution in [0.2, 0.25) is 0 Å². The van der Waals surface area contributed by atoms with Crippen LogP contribution < -0.4 is 4.90 Å². The van der Waals surface area contributed by atoms with Crippen LogP contribution in [0.5, 0.6) is 0 Å². The Labute approximate surface area is 137 Å². The number of carbonyl (C=O) groups excluding carboxylic acids is 1. The molecule has 1 aromatic rings. The predicted octanol–water partition coefficient (Wildman–Crippen LogP) is 1.07. The van der Waals surface area contributed by atoms with E-state index in [1.807, 2.05) is 0 Å². The first-order valence-corrected chi connectivity index (χ1v) is 9.62. The molecule has 2 atom stereocenters. The summed E-state index contributed by atoms with van der Waals surface area (Å²) in [5.41, 5.74) is 0.492. The molecule has 0 radical (unpaired) electrons. The second-order valence-corrected chi connectivity index (χ2v) is 8.73. The molecule has 0 aromatic heterocycles. The lowest BCUT2D eigenvalue weighted by Crippen LogP contribution is -2.37. The van der Waals surface area contributed by atoms with E-state index in [0.29, 0.717) is 10.9 Å². The van der Waals surface area contributed by atoms with Gasteiger partial charge in [0.2, 0.25) is 0 Å². The zero-order valence-corrected chi connectivity index (χ0v) is 13.9. The van der Waals surface area contributed by atoms with Crippen molar-refractivity contribution in [2.24, 2.45) is 4.99 Å². The maximum absolute atomic E-state index is 13.5. The van der Waals surface area contributed by atoms with Crippen LogP contribution in [-0.4, -0.2) is 56.0 Å². The molecule has 23 heavy (non-hydrogen) atoms. The topological polar surface area (TPSA) is 76.0 Å². The molecule has 0 aliphatic carbocycles. The van der Waals surface area contributed by atoms with Crippen molar-refractivity contribution in [3.05, 3.63) is 30.1 Å². The van der Waals surface area contributed by atoms with E-state index in [4.69, 9.17) is 4.74 Å². The minimum atomic E-state index is -3.14. The Kier molecular flexibility index (Phi) is 4.43. The molecule has 2 saturated heterocycles. The van der Waals surface area contributed by atoms with Crippen molar-refractivity contribution in [2.45, 2.75) is 11.3 Å². The molecule has 0 N–H and O–H groups in total. The number of ether oxygens (including phenoxy) is 1. The zero-order valence-electron chi connectivity index (χ0n) is 12.3. The quantitative estimate of drug-likeness (QED) is 0.805. The number of fused-ring (bicyclic) bond motifs is 1. The van der Waals surface area contributed by atoms with Crippen LogP contribution in [0.4, 0.5) is 10.1 Å². The van der Waals surface area contributed by atoms with Gasteiger partial charge in [-0.15, -0.1) is 0 Å². The highest BCUT2D eigenvalue weighted by Crippen LogP contribution is 2.41. The maximum atomic E-state index is 13.5. The van der Waals surface area contributed by atoms with Crippen LogP contribution in [0.25, 0.3) is 0 Å². The van der Waals surface area contributed by atoms with Gasteiger partial charge >= 0.3 is 0 Å². The largest absolute Gasteiger partial charge is 0.375 e. The highest BCUT2D eigenvalue weighted by Gasteiger charge is 2.49. The van der Waals surface area contributed by atoms with Gasteiger partial charge in [0.15, 0.2) is 15.0 Å². The Morgan fingerprint density at radius 1 is 1.48 bits per heavy atom. The second kappa shape index (κ2) is 6.21. The summed E-state index contributed by atoms with van der Waals surface area (Å²) in [4.78, 5) is 17.4. The Hall–Kier alpha value is -1.45. The number of halogens is 1. The minimum Gasteiger partial charge on any atom is -0.375 e. The molecule has 0 unspecified atom stereocenters. The average Bonchev–Trinajstić information content (AvgIpc) is 2.89. The summed E-state index contributed by atoms with van der Waals surface area (Å²) >= 11 is 1.24. The number of hydrogen-bond donors (Lipinski definition) is 0. The fraction of sp³-hybridized carbons (Fsp3) is 0.429. The third-order valence-electron chi connectivity index (χ3n) is 3.64. The molecule has 0 saturated carbocycles. The van der Waals surface area contributed by atoms with Gasteiger partial charge in [0, 0.05) is 18.0 Å². The lowest BCUT2D eigenvalue weighted by molar-refractivity contribution is -0.121. The van der Waals surface area contributed by atoms with E-state index in [-0.39, 0.29) is 29.4 Å². The van der Waals surface area contributed by atoms with Crippen molar-refractivity contribution < 1.29 is 22.3 Å². The second-order valence-electron chi connectivity index (χ2n) is 5.37. The van der Waals surface area contributed by atoms with Gasteiger partial charge < -0.3 is 9.64 Å². The smallest absolute Gasteiger partial charge is 0.274 e. The number of methoxy groups -OCH3 is 1. The van der Waals surface area contributed by atoms with Crippen molar-refractivity contribution in [3.63, 3.8) is 0 Å². The first-order valence-electron chi connectivity index (χ1n) is 6.92. The van der Waals surface area contributed by atoms with E-state index in [0.717, 1.165) is 0 Å². The first-order chi connectivity index (χ1) is 10.9. The molecular formula is C14H15FN2O4S2. The number of hydrogen-bond acceptors (Lipinski definition) is 5. The molecule has 2 fully saturated rings. The summed E-state index contributed by atoms with van der Waals surface area (Å²) in [6.45, 7) is -0.158. The number of nitrogens with zero attached hydrogens (tertiary/aromatic N) is 2. The molecule has 1 amide bonds. The highest BCUT2D eigenvalue weighted by molar-refractivity contribution is 8.16. The van der Waals surface area contributed by atoms with E-state index in [1.54, 1.807) is 17.0 Å². The number of anilines is 1. The Balaban J connectivity index is 1.99. The van der Waals surface area contributed by atoms with Crippen LogP contribution in [0.15, 0.2) is 29.3 Å². The third-order valence-corrected chi connectivity index (χ3v) is 6.85. The number of benzene rings is 1. The number of aliphatic imine (C=N–C) groups is 1. The molecule has 0 bridgehead atoms. The van der Waals surface area contributed by atoms with Crippen molar-refractivity contribution in [3.8, 4) is 0 Å². The highest BCUT2D eigenvalue weighted by atomic mass is 32.2. The summed E-state index contributed by atoms with van der Waals surface area (Å²) in [5.74, 6) is -0.886. The van der Waals surface area contributed by atoms with E-state index < -0.39 is 21.6 Å². The van der Waals surface area contributed by atoms with Crippen molar-refractivity contribution >= 4 is 38.4 Å². The Bertz CT molecular complexity index is 766. The molecule has 9 heteroatoms. The fourth-order valence-electron chi connectivity index (χ4n) is 2.75. The van der Waals surface area contributed by atoms with Crippen molar-refractivity contribution in [1.29, 1.82) is 0 Å². The molecule has 2 aliphatic rings. The van der Waals surface area contributed by atoms with Gasteiger partial charge in [-0.25, -0.2) is 12.8 Å². The van der Waals surface area contributed by atoms with Gasteiger partial charge in [0.25, 0.3) is 5.91 Å². The van der Waals surface area contributed by atoms with Gasteiger partial charge in [0.1, 0.15) is 12.4 Å². The molecule has 124 valence electrons. The monoisotopic (exact) mass is 358 g/mol. The summed E-state index contributed by atoms with van der Waals surface area (Å²) in [7, 11) is -1.75. The van der Waals surface area contributed by atoms with Gasteiger partial charge in [0.05, 0.1) is 17.5 Å². The molecule has 6 nitrogen and oxygen atoms in total. The SMILES string of the molecule is COCC(=O)N=C1S[C@H]2CS(=O)(=O)C[C@H]2N1c1cccc(F)c1. The molecule has 2 heterocycles.